The van der Waals surface area contributed by atoms with E-state index in [9.17, 15) is 0 Å². The largest absolute Gasteiger partial charge is 0.304 e. The molecule has 82 valence electrons. The molecule has 2 aliphatic rings. The van der Waals surface area contributed by atoms with Crippen LogP contribution in [0.1, 0.15) is 6.42 Å². The molecule has 2 fully saturated rings. The van der Waals surface area contributed by atoms with Crippen molar-refractivity contribution >= 4 is 22.9 Å². The van der Waals surface area contributed by atoms with E-state index in [1.807, 2.05) is 0 Å². The molecular weight excluding hydrogens is 289 g/mol. The van der Waals surface area contributed by atoms with Crippen LogP contribution in [0.2, 0.25) is 0 Å². The summed E-state index contributed by atoms with van der Waals surface area (Å²) in [5.74, 6) is 0.926. The van der Waals surface area contributed by atoms with Gasteiger partial charge in [0.2, 0.25) is 0 Å². The molecule has 0 bridgehead atoms. The van der Waals surface area contributed by atoms with E-state index < -0.39 is 0 Å². The van der Waals surface area contributed by atoms with Crippen molar-refractivity contribution < 1.29 is 0 Å². The maximum atomic E-state index is 2.64. The summed E-state index contributed by atoms with van der Waals surface area (Å²) in [5.41, 5.74) is 0. The lowest BCUT2D eigenvalue weighted by Crippen LogP contribution is -2.46. The molecule has 0 N–H and O–H groups in total. The van der Waals surface area contributed by atoms with E-state index in [4.69, 9.17) is 0 Å². The first-order chi connectivity index (χ1) is 6.74. The first kappa shape index (κ1) is 11.1. The van der Waals surface area contributed by atoms with Gasteiger partial charge >= 0.3 is 0 Å². The van der Waals surface area contributed by atoms with Gasteiger partial charge in [0.15, 0.2) is 0 Å². The lowest BCUT2D eigenvalue weighted by molar-refractivity contribution is 0.138. The summed E-state index contributed by atoms with van der Waals surface area (Å²) in [6.45, 7) is 8.96. The molecule has 0 aromatic rings. The van der Waals surface area contributed by atoms with E-state index in [2.05, 4.69) is 42.8 Å². The molecule has 0 radical (unpaired) electrons. The Balaban J connectivity index is 1.70. The van der Waals surface area contributed by atoms with E-state index in [-0.39, 0.29) is 0 Å². The fraction of sp³-hybridized carbons (Fsp3) is 1.00. The number of likely N-dealkylation sites (N-methyl/N-ethyl adjacent to an activating group) is 1. The molecule has 1 atom stereocenters. The molecule has 0 saturated carbocycles. The van der Waals surface area contributed by atoms with Gasteiger partial charge in [-0.1, -0.05) is 0 Å². The molecule has 0 aliphatic carbocycles. The molecule has 0 aromatic carbocycles. The van der Waals surface area contributed by atoms with E-state index in [1.54, 1.807) is 0 Å². The van der Waals surface area contributed by atoms with Crippen LogP contribution in [-0.4, -0.2) is 65.8 Å². The topological polar surface area (TPSA) is 9.72 Å². The predicted octanol–water partition coefficient (Wildman–Crippen LogP) is 0.906. The second-order valence-corrected chi connectivity index (χ2v) is 5.99. The van der Waals surface area contributed by atoms with Crippen molar-refractivity contribution in [2.75, 3.05) is 52.9 Å². The van der Waals surface area contributed by atoms with Crippen molar-refractivity contribution in [2.24, 2.45) is 5.92 Å². The summed E-state index contributed by atoms with van der Waals surface area (Å²) in [6.07, 6.45) is 1.40. The Labute approximate surface area is 101 Å². The van der Waals surface area contributed by atoms with Crippen molar-refractivity contribution in [1.82, 2.24) is 12.9 Å². The van der Waals surface area contributed by atoms with Crippen LogP contribution in [0.3, 0.4) is 0 Å². The van der Waals surface area contributed by atoms with Crippen LogP contribution in [0.25, 0.3) is 0 Å². The molecule has 2 heterocycles. The smallest absolute Gasteiger partial charge is 0.0201 e. The Hall–Kier alpha value is 0.610. The van der Waals surface area contributed by atoms with Gasteiger partial charge in [-0.25, -0.2) is 3.11 Å². The fourth-order valence-electron chi connectivity index (χ4n) is 2.33. The van der Waals surface area contributed by atoms with Crippen molar-refractivity contribution in [3.05, 3.63) is 0 Å². The van der Waals surface area contributed by atoms with Crippen LogP contribution in [0.5, 0.6) is 0 Å². The third-order valence-corrected chi connectivity index (χ3v) is 4.22. The number of rotatable bonds is 2. The lowest BCUT2D eigenvalue weighted by atomic mass is 10.1. The zero-order chi connectivity index (χ0) is 9.97. The standard InChI is InChI=1S/C10H20IN3/c1-12-4-6-13(7-5-12)8-10-2-3-14(11)9-10/h10H,2-9H2,1H3/t10-/m0/s1. The van der Waals surface area contributed by atoms with Crippen LogP contribution in [0.4, 0.5) is 0 Å². The zero-order valence-electron chi connectivity index (χ0n) is 8.95. The van der Waals surface area contributed by atoms with Crippen molar-refractivity contribution in [2.45, 2.75) is 6.42 Å². The van der Waals surface area contributed by atoms with Gasteiger partial charge in [-0.05, 0) is 19.4 Å². The fourth-order valence-corrected chi connectivity index (χ4v) is 3.17. The Kier molecular flexibility index (Phi) is 4.04. The maximum Gasteiger partial charge on any atom is 0.0201 e. The summed E-state index contributed by atoms with van der Waals surface area (Å²) in [4.78, 5) is 5.07. The first-order valence-electron chi connectivity index (χ1n) is 5.55. The Morgan fingerprint density at radius 2 is 1.86 bits per heavy atom. The van der Waals surface area contributed by atoms with Gasteiger partial charge in [0.05, 0.1) is 0 Å². The Morgan fingerprint density at radius 3 is 2.43 bits per heavy atom. The molecule has 2 rings (SSSR count). The van der Waals surface area contributed by atoms with Gasteiger partial charge in [-0.15, -0.1) is 0 Å². The first-order valence-corrected chi connectivity index (χ1v) is 6.52. The normalized spacial score (nSPS) is 32.6. The highest BCUT2D eigenvalue weighted by Crippen LogP contribution is 2.20. The molecule has 2 saturated heterocycles. The molecule has 4 heteroatoms. The third kappa shape index (κ3) is 3.05. The van der Waals surface area contributed by atoms with E-state index in [0.29, 0.717) is 0 Å². The van der Waals surface area contributed by atoms with Gasteiger partial charge < -0.3 is 9.80 Å². The summed E-state index contributed by atoms with van der Waals surface area (Å²) in [5, 5.41) is 0. The molecule has 0 spiro atoms. The lowest BCUT2D eigenvalue weighted by Gasteiger charge is -2.33. The summed E-state index contributed by atoms with van der Waals surface area (Å²) >= 11 is 2.45. The minimum Gasteiger partial charge on any atom is -0.304 e. The summed E-state index contributed by atoms with van der Waals surface area (Å²) < 4.78 is 2.43. The number of hydrogen-bond donors (Lipinski definition) is 0. The number of piperazine rings is 1. The second kappa shape index (κ2) is 5.09. The maximum absolute atomic E-state index is 2.64. The molecule has 0 unspecified atom stereocenters. The van der Waals surface area contributed by atoms with Gasteiger partial charge in [0.25, 0.3) is 0 Å². The number of halogens is 1. The highest BCUT2D eigenvalue weighted by atomic mass is 127. The molecule has 14 heavy (non-hydrogen) atoms. The van der Waals surface area contributed by atoms with Crippen LogP contribution in [-0.2, 0) is 0 Å². The Bertz CT molecular complexity index is 180. The number of hydrogen-bond acceptors (Lipinski definition) is 3. The van der Waals surface area contributed by atoms with Gasteiger partial charge in [-0.2, -0.15) is 0 Å². The molecule has 0 aromatic heterocycles. The van der Waals surface area contributed by atoms with E-state index in [1.165, 1.54) is 52.2 Å². The van der Waals surface area contributed by atoms with Gasteiger partial charge in [-0.3, -0.25) is 0 Å². The van der Waals surface area contributed by atoms with Crippen molar-refractivity contribution in [3.63, 3.8) is 0 Å². The summed E-state index contributed by atoms with van der Waals surface area (Å²) in [6, 6.07) is 0. The van der Waals surface area contributed by atoms with Crippen molar-refractivity contribution in [1.29, 1.82) is 0 Å². The predicted molar refractivity (Wildman–Crippen MR) is 67.6 cm³/mol. The van der Waals surface area contributed by atoms with Gasteiger partial charge in [0, 0.05) is 68.7 Å². The second-order valence-electron chi connectivity index (χ2n) is 4.63. The van der Waals surface area contributed by atoms with Crippen LogP contribution in [0, 0.1) is 5.92 Å². The molecular formula is C10H20IN3. The quantitative estimate of drug-likeness (QED) is 0.554. The minimum absolute atomic E-state index is 0.926. The monoisotopic (exact) mass is 309 g/mol. The molecule has 0 amide bonds. The minimum atomic E-state index is 0.926. The molecule has 3 nitrogen and oxygen atoms in total. The van der Waals surface area contributed by atoms with Crippen LogP contribution < -0.4 is 0 Å². The highest BCUT2D eigenvalue weighted by Gasteiger charge is 2.24. The average Bonchev–Trinajstić information content (AvgIpc) is 2.56. The van der Waals surface area contributed by atoms with Crippen LogP contribution in [0.15, 0.2) is 0 Å². The third-order valence-electron chi connectivity index (χ3n) is 3.35. The average molecular weight is 309 g/mol. The van der Waals surface area contributed by atoms with Crippen LogP contribution >= 0.6 is 22.9 Å². The summed E-state index contributed by atoms with van der Waals surface area (Å²) in [7, 11) is 2.22. The van der Waals surface area contributed by atoms with Gasteiger partial charge in [0.1, 0.15) is 0 Å². The zero-order valence-corrected chi connectivity index (χ0v) is 11.1. The Morgan fingerprint density at radius 1 is 1.14 bits per heavy atom. The number of nitrogens with zero attached hydrogens (tertiary/aromatic N) is 3. The van der Waals surface area contributed by atoms with Crippen molar-refractivity contribution in [3.8, 4) is 0 Å². The van der Waals surface area contributed by atoms with E-state index in [0.717, 1.165) is 5.92 Å². The molecule has 2 aliphatic heterocycles. The van der Waals surface area contributed by atoms with E-state index >= 15 is 0 Å². The highest BCUT2D eigenvalue weighted by molar-refractivity contribution is 14.1. The SMILES string of the molecule is CN1CCN(C[C@@H]2CCN(I)C2)CC1.